The van der Waals surface area contributed by atoms with Gasteiger partial charge in [-0.1, -0.05) is 23.8 Å². The second kappa shape index (κ2) is 6.70. The average molecular weight is 283 g/mol. The number of aryl methyl sites for hydroxylation is 3. The molecule has 0 radical (unpaired) electrons. The summed E-state index contributed by atoms with van der Waals surface area (Å²) in [6.07, 6.45) is 2.22. The van der Waals surface area contributed by atoms with Gasteiger partial charge in [0.2, 0.25) is 5.91 Å². The molecule has 0 fully saturated rings. The lowest BCUT2D eigenvalue weighted by molar-refractivity contribution is -0.120. The van der Waals surface area contributed by atoms with Crippen molar-refractivity contribution in [2.45, 2.75) is 26.7 Å². The summed E-state index contributed by atoms with van der Waals surface area (Å²) in [5.74, 6) is -0.119. The zero-order valence-corrected chi connectivity index (χ0v) is 12.5. The Labute approximate surface area is 115 Å². The van der Waals surface area contributed by atoms with Crippen LogP contribution in [0.5, 0.6) is 0 Å². The highest BCUT2D eigenvalue weighted by Gasteiger charge is 2.06. The first-order valence-electron chi connectivity index (χ1n) is 6.28. The highest BCUT2D eigenvalue weighted by atomic mass is 32.2. The van der Waals surface area contributed by atoms with Gasteiger partial charge in [0.05, 0.1) is 5.75 Å². The third-order valence-electron chi connectivity index (χ3n) is 2.91. The van der Waals surface area contributed by atoms with Crippen molar-refractivity contribution in [1.82, 2.24) is 5.32 Å². The Kier molecular flexibility index (Phi) is 5.54. The molecule has 0 heterocycles. The van der Waals surface area contributed by atoms with Crippen molar-refractivity contribution < 1.29 is 13.2 Å². The number of hydrogen-bond acceptors (Lipinski definition) is 3. The quantitative estimate of drug-likeness (QED) is 0.858. The highest BCUT2D eigenvalue weighted by Crippen LogP contribution is 2.12. The highest BCUT2D eigenvalue weighted by molar-refractivity contribution is 7.90. The molecule has 106 valence electrons. The summed E-state index contributed by atoms with van der Waals surface area (Å²) < 4.78 is 21.8. The van der Waals surface area contributed by atoms with E-state index in [2.05, 4.69) is 11.4 Å². The molecule has 19 heavy (non-hydrogen) atoms. The molecule has 0 bridgehead atoms. The molecule has 1 N–H and O–H groups in total. The van der Waals surface area contributed by atoms with Crippen LogP contribution in [-0.4, -0.2) is 32.9 Å². The number of hydrogen-bond donors (Lipinski definition) is 1. The van der Waals surface area contributed by atoms with Gasteiger partial charge >= 0.3 is 0 Å². The summed E-state index contributed by atoms with van der Waals surface area (Å²) in [7, 11) is -3.01. The van der Waals surface area contributed by atoms with Crippen molar-refractivity contribution >= 4 is 15.7 Å². The number of sulfone groups is 1. The van der Waals surface area contributed by atoms with Gasteiger partial charge in [-0.25, -0.2) is 8.42 Å². The van der Waals surface area contributed by atoms with E-state index in [1.807, 2.05) is 26.0 Å². The summed E-state index contributed by atoms with van der Waals surface area (Å²) in [5.41, 5.74) is 3.55. The van der Waals surface area contributed by atoms with E-state index in [0.717, 1.165) is 11.8 Å². The number of benzene rings is 1. The molecule has 0 aromatic heterocycles. The molecule has 1 amide bonds. The van der Waals surface area contributed by atoms with E-state index < -0.39 is 9.84 Å². The molecule has 0 atom stereocenters. The molecule has 0 aliphatic carbocycles. The standard InChI is InChI=1S/C14H21NO3S/c1-11-4-5-13(12(2)10-11)6-7-14(16)15-8-9-19(3,17)18/h4-5,10H,6-9H2,1-3H3,(H,15,16). The first-order chi connectivity index (χ1) is 8.78. The number of rotatable bonds is 6. The summed E-state index contributed by atoms with van der Waals surface area (Å²) in [6, 6.07) is 6.16. The van der Waals surface area contributed by atoms with Gasteiger partial charge in [-0.3, -0.25) is 4.79 Å². The van der Waals surface area contributed by atoms with Crippen LogP contribution in [0, 0.1) is 13.8 Å². The maximum atomic E-state index is 11.6. The van der Waals surface area contributed by atoms with Gasteiger partial charge < -0.3 is 5.32 Å². The number of carbonyl (C=O) groups excluding carboxylic acids is 1. The lowest BCUT2D eigenvalue weighted by Gasteiger charge is -2.07. The topological polar surface area (TPSA) is 63.2 Å². The molecule has 0 saturated carbocycles. The molecule has 1 rings (SSSR count). The maximum Gasteiger partial charge on any atom is 0.220 e. The monoisotopic (exact) mass is 283 g/mol. The van der Waals surface area contributed by atoms with E-state index in [0.29, 0.717) is 12.8 Å². The minimum atomic E-state index is -3.01. The van der Waals surface area contributed by atoms with Crippen LogP contribution in [0.4, 0.5) is 0 Å². The van der Waals surface area contributed by atoms with Gasteiger partial charge in [0.25, 0.3) is 0 Å². The smallest absolute Gasteiger partial charge is 0.220 e. The molecule has 5 heteroatoms. The minimum Gasteiger partial charge on any atom is -0.355 e. The fraction of sp³-hybridized carbons (Fsp3) is 0.500. The summed E-state index contributed by atoms with van der Waals surface area (Å²) in [6.45, 7) is 4.25. The Morgan fingerprint density at radius 1 is 1.26 bits per heavy atom. The van der Waals surface area contributed by atoms with Crippen LogP contribution in [0.1, 0.15) is 23.1 Å². The first-order valence-corrected chi connectivity index (χ1v) is 8.34. The molecule has 0 spiro atoms. The van der Waals surface area contributed by atoms with Gasteiger partial charge in [0.1, 0.15) is 9.84 Å². The Morgan fingerprint density at radius 3 is 2.53 bits per heavy atom. The second-order valence-electron chi connectivity index (χ2n) is 4.91. The van der Waals surface area contributed by atoms with Gasteiger partial charge in [-0.2, -0.15) is 0 Å². The van der Waals surface area contributed by atoms with Crippen LogP contribution in [0.2, 0.25) is 0 Å². The molecule has 1 aromatic carbocycles. The van der Waals surface area contributed by atoms with E-state index >= 15 is 0 Å². The summed E-state index contributed by atoms with van der Waals surface area (Å²) in [5, 5.41) is 2.62. The lowest BCUT2D eigenvalue weighted by Crippen LogP contribution is -2.28. The largest absolute Gasteiger partial charge is 0.355 e. The van der Waals surface area contributed by atoms with Crippen LogP contribution in [0.15, 0.2) is 18.2 Å². The third-order valence-corrected chi connectivity index (χ3v) is 3.86. The molecule has 1 aromatic rings. The van der Waals surface area contributed by atoms with Crippen molar-refractivity contribution in [2.24, 2.45) is 0 Å². The van der Waals surface area contributed by atoms with E-state index in [-0.39, 0.29) is 18.2 Å². The van der Waals surface area contributed by atoms with Gasteiger partial charge in [-0.05, 0) is 31.4 Å². The van der Waals surface area contributed by atoms with Crippen LogP contribution in [0.3, 0.4) is 0 Å². The maximum absolute atomic E-state index is 11.6. The minimum absolute atomic E-state index is 0.0116. The van der Waals surface area contributed by atoms with Crippen LogP contribution >= 0.6 is 0 Å². The third kappa shape index (κ3) is 6.38. The summed E-state index contributed by atoms with van der Waals surface area (Å²) >= 11 is 0. The van der Waals surface area contributed by atoms with Crippen molar-refractivity contribution in [3.8, 4) is 0 Å². The van der Waals surface area contributed by atoms with Crippen molar-refractivity contribution in [3.05, 3.63) is 34.9 Å². The van der Waals surface area contributed by atoms with Gasteiger partial charge in [0.15, 0.2) is 0 Å². The Balaban J connectivity index is 2.38. The van der Waals surface area contributed by atoms with E-state index in [1.165, 1.54) is 11.1 Å². The second-order valence-corrected chi connectivity index (χ2v) is 7.17. The lowest BCUT2D eigenvalue weighted by atomic mass is 10.0. The van der Waals surface area contributed by atoms with Crippen LogP contribution in [-0.2, 0) is 21.1 Å². The van der Waals surface area contributed by atoms with Crippen LogP contribution in [0.25, 0.3) is 0 Å². The predicted octanol–water partition coefficient (Wildman–Crippen LogP) is 1.40. The molecule has 0 aliphatic heterocycles. The Morgan fingerprint density at radius 2 is 1.95 bits per heavy atom. The fourth-order valence-electron chi connectivity index (χ4n) is 1.84. The SMILES string of the molecule is Cc1ccc(CCC(=O)NCCS(C)(=O)=O)c(C)c1. The Hall–Kier alpha value is -1.36. The van der Waals surface area contributed by atoms with Gasteiger partial charge in [-0.15, -0.1) is 0 Å². The summed E-state index contributed by atoms with van der Waals surface area (Å²) in [4.78, 5) is 11.6. The predicted molar refractivity (Wildman–Crippen MR) is 77.0 cm³/mol. The number of carbonyl (C=O) groups is 1. The van der Waals surface area contributed by atoms with E-state index in [9.17, 15) is 13.2 Å². The number of nitrogens with one attached hydrogen (secondary N) is 1. The van der Waals surface area contributed by atoms with Crippen LogP contribution < -0.4 is 5.32 Å². The van der Waals surface area contributed by atoms with Crippen molar-refractivity contribution in [1.29, 1.82) is 0 Å². The molecule has 0 saturated heterocycles. The number of amides is 1. The zero-order valence-electron chi connectivity index (χ0n) is 11.7. The normalized spacial score (nSPS) is 11.3. The molecule has 4 nitrogen and oxygen atoms in total. The molecule has 0 aliphatic rings. The van der Waals surface area contributed by atoms with E-state index in [4.69, 9.17) is 0 Å². The molecular formula is C14H21NO3S. The van der Waals surface area contributed by atoms with Crippen molar-refractivity contribution in [2.75, 3.05) is 18.6 Å². The van der Waals surface area contributed by atoms with Gasteiger partial charge in [0, 0.05) is 19.2 Å². The van der Waals surface area contributed by atoms with Crippen molar-refractivity contribution in [3.63, 3.8) is 0 Å². The average Bonchev–Trinajstić information content (AvgIpc) is 2.26. The molecular weight excluding hydrogens is 262 g/mol. The Bertz CT molecular complexity index is 550. The first kappa shape index (κ1) is 15.7. The fourth-order valence-corrected chi connectivity index (χ4v) is 2.31. The molecule has 0 unspecified atom stereocenters. The van der Waals surface area contributed by atoms with E-state index in [1.54, 1.807) is 0 Å². The zero-order chi connectivity index (χ0) is 14.5.